The predicted octanol–water partition coefficient (Wildman–Crippen LogP) is 1.44. The standard InChI is InChI=1S/C13H18N2O3/c14-8-13(5-1-2-6-13)12(18)15-10-4-3-9(7-10)11(16)17/h9-10H,1-7H2,(H,15,18)(H,16,17)/t9-,10-/m0/s1. The summed E-state index contributed by atoms with van der Waals surface area (Å²) in [5, 5.41) is 21.0. The van der Waals surface area contributed by atoms with Gasteiger partial charge < -0.3 is 10.4 Å². The third-order valence-electron chi connectivity index (χ3n) is 4.22. The average Bonchev–Trinajstić information content (AvgIpc) is 2.97. The average molecular weight is 250 g/mol. The van der Waals surface area contributed by atoms with E-state index in [1.807, 2.05) is 0 Å². The summed E-state index contributed by atoms with van der Waals surface area (Å²) in [6.45, 7) is 0. The van der Waals surface area contributed by atoms with E-state index in [9.17, 15) is 14.9 Å². The number of aliphatic carboxylic acids is 1. The molecule has 0 spiro atoms. The molecule has 0 radical (unpaired) electrons. The Labute approximate surface area is 106 Å². The molecule has 0 heterocycles. The minimum absolute atomic E-state index is 0.0792. The lowest BCUT2D eigenvalue weighted by molar-refractivity contribution is -0.141. The Balaban J connectivity index is 1.93. The third kappa shape index (κ3) is 2.33. The fraction of sp³-hybridized carbons (Fsp3) is 0.769. The Kier molecular flexibility index (Phi) is 3.55. The van der Waals surface area contributed by atoms with E-state index in [-0.39, 0.29) is 17.9 Å². The first kappa shape index (κ1) is 12.9. The second kappa shape index (κ2) is 4.97. The highest BCUT2D eigenvalue weighted by Gasteiger charge is 2.43. The zero-order valence-electron chi connectivity index (χ0n) is 10.3. The van der Waals surface area contributed by atoms with E-state index in [1.165, 1.54) is 0 Å². The SMILES string of the molecule is N#CC1(C(=O)N[C@H]2CC[C@H](C(=O)O)C2)CCCC1. The number of carbonyl (C=O) groups is 2. The van der Waals surface area contributed by atoms with Crippen LogP contribution in [0.2, 0.25) is 0 Å². The van der Waals surface area contributed by atoms with Crippen molar-refractivity contribution in [2.75, 3.05) is 0 Å². The summed E-state index contributed by atoms with van der Waals surface area (Å²) in [4.78, 5) is 23.0. The van der Waals surface area contributed by atoms with E-state index >= 15 is 0 Å². The fourth-order valence-electron chi connectivity index (χ4n) is 3.03. The van der Waals surface area contributed by atoms with Crippen molar-refractivity contribution in [2.24, 2.45) is 11.3 Å². The Hall–Kier alpha value is -1.57. The van der Waals surface area contributed by atoms with Gasteiger partial charge in [-0.3, -0.25) is 9.59 Å². The summed E-state index contributed by atoms with van der Waals surface area (Å²) in [7, 11) is 0. The van der Waals surface area contributed by atoms with Crippen molar-refractivity contribution >= 4 is 11.9 Å². The number of nitrogens with zero attached hydrogens (tertiary/aromatic N) is 1. The first-order valence-corrected chi connectivity index (χ1v) is 6.52. The molecular formula is C13H18N2O3. The van der Waals surface area contributed by atoms with Gasteiger partial charge in [0.2, 0.25) is 5.91 Å². The Morgan fingerprint density at radius 1 is 1.28 bits per heavy atom. The second-order valence-electron chi connectivity index (χ2n) is 5.42. The molecule has 18 heavy (non-hydrogen) atoms. The molecule has 2 N–H and O–H groups in total. The molecule has 2 rings (SSSR count). The number of hydrogen-bond donors (Lipinski definition) is 2. The number of carbonyl (C=O) groups excluding carboxylic acids is 1. The van der Waals surface area contributed by atoms with Crippen molar-refractivity contribution < 1.29 is 14.7 Å². The largest absolute Gasteiger partial charge is 0.481 e. The van der Waals surface area contributed by atoms with Gasteiger partial charge in [-0.25, -0.2) is 0 Å². The molecule has 98 valence electrons. The zero-order chi connectivity index (χ0) is 13.2. The highest BCUT2D eigenvalue weighted by molar-refractivity contribution is 5.86. The first-order valence-electron chi connectivity index (χ1n) is 6.52. The molecule has 0 bridgehead atoms. The van der Waals surface area contributed by atoms with Crippen molar-refractivity contribution in [2.45, 2.75) is 51.0 Å². The Morgan fingerprint density at radius 3 is 2.44 bits per heavy atom. The van der Waals surface area contributed by atoms with Crippen LogP contribution in [0.4, 0.5) is 0 Å². The van der Waals surface area contributed by atoms with E-state index in [4.69, 9.17) is 5.11 Å². The number of nitrogens with one attached hydrogen (secondary N) is 1. The van der Waals surface area contributed by atoms with E-state index in [0.29, 0.717) is 32.1 Å². The fourth-order valence-corrected chi connectivity index (χ4v) is 3.03. The second-order valence-corrected chi connectivity index (χ2v) is 5.42. The maximum absolute atomic E-state index is 12.1. The summed E-state index contributed by atoms with van der Waals surface area (Å²) in [6, 6.07) is 2.08. The number of rotatable bonds is 3. The molecule has 2 aliphatic rings. The monoisotopic (exact) mass is 250 g/mol. The van der Waals surface area contributed by atoms with E-state index < -0.39 is 11.4 Å². The first-order chi connectivity index (χ1) is 8.57. The molecule has 0 saturated heterocycles. The third-order valence-corrected chi connectivity index (χ3v) is 4.22. The number of amides is 1. The summed E-state index contributed by atoms with van der Waals surface area (Å²) in [5.74, 6) is -1.34. The van der Waals surface area contributed by atoms with E-state index in [2.05, 4.69) is 11.4 Å². The number of carboxylic acids is 1. The quantitative estimate of drug-likeness (QED) is 0.793. The van der Waals surface area contributed by atoms with Gasteiger partial charge in [0.05, 0.1) is 12.0 Å². The van der Waals surface area contributed by atoms with Gasteiger partial charge in [0.25, 0.3) is 0 Å². The van der Waals surface area contributed by atoms with Gasteiger partial charge in [-0.1, -0.05) is 12.8 Å². The summed E-state index contributed by atoms with van der Waals surface area (Å²) in [6.07, 6.45) is 4.90. The topological polar surface area (TPSA) is 90.2 Å². The van der Waals surface area contributed by atoms with Crippen LogP contribution in [0.25, 0.3) is 0 Å². The number of carboxylic acid groups (broad SMARTS) is 1. The minimum Gasteiger partial charge on any atom is -0.481 e. The van der Waals surface area contributed by atoms with Crippen LogP contribution in [-0.2, 0) is 9.59 Å². The molecule has 2 aliphatic carbocycles. The number of nitriles is 1. The van der Waals surface area contributed by atoms with Crippen molar-refractivity contribution in [3.8, 4) is 6.07 Å². The van der Waals surface area contributed by atoms with Gasteiger partial charge >= 0.3 is 5.97 Å². The summed E-state index contributed by atoms with van der Waals surface area (Å²) < 4.78 is 0. The van der Waals surface area contributed by atoms with Gasteiger partial charge in [-0.2, -0.15) is 5.26 Å². The summed E-state index contributed by atoms with van der Waals surface area (Å²) >= 11 is 0. The molecule has 2 saturated carbocycles. The Bertz CT molecular complexity index is 394. The zero-order valence-corrected chi connectivity index (χ0v) is 10.3. The van der Waals surface area contributed by atoms with Gasteiger partial charge in [0, 0.05) is 6.04 Å². The van der Waals surface area contributed by atoms with Crippen LogP contribution >= 0.6 is 0 Å². The van der Waals surface area contributed by atoms with Crippen LogP contribution in [0.5, 0.6) is 0 Å². The molecule has 0 unspecified atom stereocenters. The van der Waals surface area contributed by atoms with Gasteiger partial charge in [-0.05, 0) is 32.1 Å². The van der Waals surface area contributed by atoms with Gasteiger partial charge in [-0.15, -0.1) is 0 Å². The van der Waals surface area contributed by atoms with Crippen LogP contribution in [-0.4, -0.2) is 23.0 Å². The highest BCUT2D eigenvalue weighted by Crippen LogP contribution is 2.38. The lowest BCUT2D eigenvalue weighted by atomic mass is 9.86. The maximum Gasteiger partial charge on any atom is 0.306 e. The lowest BCUT2D eigenvalue weighted by Crippen LogP contribution is -2.43. The van der Waals surface area contributed by atoms with Crippen molar-refractivity contribution in [1.29, 1.82) is 5.26 Å². The van der Waals surface area contributed by atoms with Crippen molar-refractivity contribution in [3.05, 3.63) is 0 Å². The van der Waals surface area contributed by atoms with Crippen LogP contribution in [0.1, 0.15) is 44.9 Å². The van der Waals surface area contributed by atoms with Gasteiger partial charge in [0.1, 0.15) is 5.41 Å². The maximum atomic E-state index is 12.1. The van der Waals surface area contributed by atoms with Crippen LogP contribution in [0.15, 0.2) is 0 Å². The van der Waals surface area contributed by atoms with Crippen molar-refractivity contribution in [1.82, 2.24) is 5.32 Å². The molecule has 0 aromatic heterocycles. The molecule has 0 aromatic rings. The normalized spacial score (nSPS) is 29.7. The predicted molar refractivity (Wildman–Crippen MR) is 63.4 cm³/mol. The van der Waals surface area contributed by atoms with Crippen LogP contribution in [0.3, 0.4) is 0 Å². The molecule has 1 amide bonds. The minimum atomic E-state index is -0.860. The molecular weight excluding hydrogens is 232 g/mol. The van der Waals surface area contributed by atoms with Crippen molar-refractivity contribution in [3.63, 3.8) is 0 Å². The molecule has 0 aromatic carbocycles. The van der Waals surface area contributed by atoms with Crippen LogP contribution in [0, 0.1) is 22.7 Å². The lowest BCUT2D eigenvalue weighted by Gasteiger charge is -2.22. The molecule has 2 fully saturated rings. The molecule has 0 aliphatic heterocycles. The molecule has 5 heteroatoms. The smallest absolute Gasteiger partial charge is 0.306 e. The summed E-state index contributed by atoms with van der Waals surface area (Å²) in [5.41, 5.74) is -0.860. The highest BCUT2D eigenvalue weighted by atomic mass is 16.4. The van der Waals surface area contributed by atoms with E-state index in [1.54, 1.807) is 0 Å². The Morgan fingerprint density at radius 2 is 1.94 bits per heavy atom. The molecule has 2 atom stereocenters. The van der Waals surface area contributed by atoms with Crippen LogP contribution < -0.4 is 5.32 Å². The van der Waals surface area contributed by atoms with Gasteiger partial charge in [0.15, 0.2) is 0 Å². The van der Waals surface area contributed by atoms with E-state index in [0.717, 1.165) is 12.8 Å². The molecule has 5 nitrogen and oxygen atoms in total. The number of hydrogen-bond acceptors (Lipinski definition) is 3.